The minimum atomic E-state index is -0.321. The molecule has 0 radical (unpaired) electrons. The Morgan fingerprint density at radius 2 is 1.62 bits per heavy atom. The Labute approximate surface area is 127 Å². The molecule has 4 nitrogen and oxygen atoms in total. The molecule has 2 atom stereocenters. The minimum Gasteiger partial charge on any atom is -0.342 e. The zero-order valence-corrected chi connectivity index (χ0v) is 14.1. The first kappa shape index (κ1) is 14.9. The molecule has 1 saturated heterocycles. The number of rotatable bonds is 3. The van der Waals surface area contributed by atoms with Crippen LogP contribution >= 0.6 is 0 Å². The largest absolute Gasteiger partial charge is 0.342 e. The summed E-state index contributed by atoms with van der Waals surface area (Å²) in [5.74, 6) is 0.697. The highest BCUT2D eigenvalue weighted by molar-refractivity contribution is 5.98. The molecule has 2 saturated carbocycles. The van der Waals surface area contributed by atoms with Crippen LogP contribution in [0, 0.1) is 22.7 Å². The quantitative estimate of drug-likeness (QED) is 0.867. The fourth-order valence-corrected chi connectivity index (χ4v) is 4.24. The second-order valence-electron chi connectivity index (χ2n) is 8.60. The van der Waals surface area contributed by atoms with Gasteiger partial charge in [-0.2, -0.15) is 0 Å². The van der Waals surface area contributed by atoms with Gasteiger partial charge >= 0.3 is 0 Å². The summed E-state index contributed by atoms with van der Waals surface area (Å²) in [7, 11) is 0. The van der Waals surface area contributed by atoms with E-state index in [1.807, 2.05) is 18.7 Å². The van der Waals surface area contributed by atoms with Gasteiger partial charge in [0.25, 0.3) is 0 Å². The Morgan fingerprint density at radius 3 is 2.00 bits per heavy atom. The molecule has 1 heterocycles. The minimum absolute atomic E-state index is 0.0417. The molecule has 118 valence electrons. The van der Waals surface area contributed by atoms with Crippen LogP contribution in [0.2, 0.25) is 0 Å². The van der Waals surface area contributed by atoms with E-state index in [0.717, 1.165) is 12.8 Å². The summed E-state index contributed by atoms with van der Waals surface area (Å²) < 4.78 is 0. The Hall–Kier alpha value is -1.06. The third kappa shape index (κ3) is 1.94. The number of hydrogen-bond acceptors (Lipinski definition) is 2. The van der Waals surface area contributed by atoms with E-state index < -0.39 is 0 Å². The summed E-state index contributed by atoms with van der Waals surface area (Å²) in [5, 5.41) is 3.00. The fraction of sp³-hybridized carbons (Fsp3) is 0.882. The van der Waals surface area contributed by atoms with E-state index in [0.29, 0.717) is 5.92 Å². The van der Waals surface area contributed by atoms with Gasteiger partial charge in [-0.25, -0.2) is 0 Å². The van der Waals surface area contributed by atoms with Gasteiger partial charge in [0.05, 0.1) is 0 Å². The van der Waals surface area contributed by atoms with Crippen LogP contribution in [0.15, 0.2) is 0 Å². The van der Waals surface area contributed by atoms with E-state index in [1.165, 1.54) is 0 Å². The average molecular weight is 292 g/mol. The molecule has 0 bridgehead atoms. The van der Waals surface area contributed by atoms with Crippen LogP contribution in [0.4, 0.5) is 0 Å². The van der Waals surface area contributed by atoms with Gasteiger partial charge in [-0.3, -0.25) is 9.59 Å². The fourth-order valence-electron chi connectivity index (χ4n) is 4.24. The van der Waals surface area contributed by atoms with Crippen molar-refractivity contribution in [3.8, 4) is 0 Å². The topological polar surface area (TPSA) is 49.4 Å². The van der Waals surface area contributed by atoms with Gasteiger partial charge in [0.1, 0.15) is 12.1 Å². The van der Waals surface area contributed by atoms with E-state index >= 15 is 0 Å². The van der Waals surface area contributed by atoms with Gasteiger partial charge in [0.2, 0.25) is 11.8 Å². The van der Waals surface area contributed by atoms with Gasteiger partial charge in [-0.15, -0.1) is 0 Å². The molecular weight excluding hydrogens is 264 g/mol. The van der Waals surface area contributed by atoms with Gasteiger partial charge < -0.3 is 10.2 Å². The van der Waals surface area contributed by atoms with Crippen LogP contribution in [0.1, 0.15) is 54.4 Å². The predicted octanol–water partition coefficient (Wildman–Crippen LogP) is 2.18. The standard InChI is InChI=1S/C17H28N2O2/c1-9(2)12-13(20)18-11(10-7-8-10)14(21)19(12)15-16(3,4)17(15,5)6/h9-12,15H,7-8H2,1-6H3,(H,18,20). The van der Waals surface area contributed by atoms with E-state index in [4.69, 9.17) is 0 Å². The second kappa shape index (κ2) is 4.23. The monoisotopic (exact) mass is 292 g/mol. The molecule has 1 N–H and O–H groups in total. The summed E-state index contributed by atoms with van der Waals surface area (Å²) in [6, 6.07) is -0.435. The first-order valence-electron chi connectivity index (χ1n) is 8.23. The molecular formula is C17H28N2O2. The Morgan fingerprint density at radius 1 is 1.10 bits per heavy atom. The van der Waals surface area contributed by atoms with Crippen LogP contribution in [-0.4, -0.2) is 34.8 Å². The predicted molar refractivity (Wildman–Crippen MR) is 81.5 cm³/mol. The number of hydrogen-bond donors (Lipinski definition) is 1. The smallest absolute Gasteiger partial charge is 0.246 e. The van der Waals surface area contributed by atoms with Crippen LogP contribution in [0.5, 0.6) is 0 Å². The van der Waals surface area contributed by atoms with Crippen molar-refractivity contribution in [1.29, 1.82) is 0 Å². The maximum absolute atomic E-state index is 13.0. The zero-order valence-electron chi connectivity index (χ0n) is 14.1. The van der Waals surface area contributed by atoms with Gasteiger partial charge in [0, 0.05) is 6.04 Å². The highest BCUT2D eigenvalue weighted by Gasteiger charge is 2.70. The first-order chi connectivity index (χ1) is 9.60. The van der Waals surface area contributed by atoms with Crippen molar-refractivity contribution in [3.05, 3.63) is 0 Å². The molecule has 0 aromatic heterocycles. The lowest BCUT2D eigenvalue weighted by molar-refractivity contribution is -0.153. The van der Waals surface area contributed by atoms with Gasteiger partial charge in [-0.05, 0) is 35.5 Å². The summed E-state index contributed by atoms with van der Waals surface area (Å²) in [4.78, 5) is 27.6. The lowest BCUT2D eigenvalue weighted by Crippen LogP contribution is -2.66. The molecule has 21 heavy (non-hydrogen) atoms. The summed E-state index contributed by atoms with van der Waals surface area (Å²) in [6.07, 6.45) is 2.13. The zero-order chi connectivity index (χ0) is 15.7. The van der Waals surface area contributed by atoms with E-state index in [2.05, 4.69) is 33.0 Å². The molecule has 0 aromatic rings. The van der Waals surface area contributed by atoms with Crippen LogP contribution in [0.25, 0.3) is 0 Å². The Balaban J connectivity index is 1.96. The highest BCUT2D eigenvalue weighted by Crippen LogP contribution is 2.66. The number of amides is 2. The summed E-state index contributed by atoms with van der Waals surface area (Å²) in [5.41, 5.74) is 0.142. The summed E-state index contributed by atoms with van der Waals surface area (Å²) >= 11 is 0. The normalized spacial score (nSPS) is 35.1. The van der Waals surface area contributed by atoms with Gasteiger partial charge in [0.15, 0.2) is 0 Å². The van der Waals surface area contributed by atoms with E-state index in [1.54, 1.807) is 0 Å². The molecule has 0 spiro atoms. The van der Waals surface area contributed by atoms with Crippen molar-refractivity contribution in [2.45, 2.75) is 72.5 Å². The third-order valence-corrected chi connectivity index (χ3v) is 6.33. The molecule has 3 rings (SSSR count). The number of carbonyl (C=O) groups excluding carboxylic acids is 2. The lowest BCUT2D eigenvalue weighted by atomic mass is 9.94. The van der Waals surface area contributed by atoms with E-state index in [-0.39, 0.29) is 46.7 Å². The number of nitrogens with one attached hydrogen (secondary N) is 1. The third-order valence-electron chi connectivity index (χ3n) is 6.33. The molecule has 1 aliphatic heterocycles. The maximum atomic E-state index is 13.0. The first-order valence-corrected chi connectivity index (χ1v) is 8.23. The van der Waals surface area contributed by atoms with Crippen molar-refractivity contribution >= 4 is 11.8 Å². The van der Waals surface area contributed by atoms with Crippen LogP contribution in [-0.2, 0) is 9.59 Å². The second-order valence-corrected chi connectivity index (χ2v) is 8.60. The molecule has 2 amide bonds. The highest BCUT2D eigenvalue weighted by atomic mass is 16.2. The Bertz CT molecular complexity index is 477. The van der Waals surface area contributed by atoms with Crippen molar-refractivity contribution in [3.63, 3.8) is 0 Å². The Kier molecular flexibility index (Phi) is 3.00. The van der Waals surface area contributed by atoms with Crippen molar-refractivity contribution in [1.82, 2.24) is 10.2 Å². The van der Waals surface area contributed by atoms with E-state index in [9.17, 15) is 9.59 Å². The molecule has 0 aromatic carbocycles. The van der Waals surface area contributed by atoms with Crippen LogP contribution < -0.4 is 5.32 Å². The molecule has 3 fully saturated rings. The summed E-state index contributed by atoms with van der Waals surface area (Å²) in [6.45, 7) is 12.9. The van der Waals surface area contributed by atoms with Crippen molar-refractivity contribution in [2.75, 3.05) is 0 Å². The number of nitrogens with zero attached hydrogens (tertiary/aromatic N) is 1. The lowest BCUT2D eigenvalue weighted by Gasteiger charge is -2.42. The number of piperazine rings is 1. The van der Waals surface area contributed by atoms with Crippen molar-refractivity contribution < 1.29 is 9.59 Å². The maximum Gasteiger partial charge on any atom is 0.246 e. The molecule has 3 aliphatic rings. The number of carbonyl (C=O) groups is 2. The molecule has 4 heteroatoms. The average Bonchev–Trinajstić information content (AvgIpc) is 3.21. The van der Waals surface area contributed by atoms with Crippen molar-refractivity contribution in [2.24, 2.45) is 22.7 Å². The molecule has 2 aliphatic carbocycles. The van der Waals surface area contributed by atoms with Gasteiger partial charge in [-0.1, -0.05) is 41.5 Å². The van der Waals surface area contributed by atoms with Crippen LogP contribution in [0.3, 0.4) is 0 Å². The SMILES string of the molecule is CC(C)C1C(=O)NC(C2CC2)C(=O)N1C1C(C)(C)C1(C)C. The molecule has 2 unspecified atom stereocenters.